The van der Waals surface area contributed by atoms with Crippen molar-refractivity contribution in [3.63, 3.8) is 0 Å². The molecule has 0 atom stereocenters. The second-order valence-corrected chi connectivity index (χ2v) is 5.73. The van der Waals surface area contributed by atoms with Crippen LogP contribution in [0.3, 0.4) is 0 Å². The van der Waals surface area contributed by atoms with E-state index in [1.807, 2.05) is 0 Å². The first kappa shape index (κ1) is 19.8. The summed E-state index contributed by atoms with van der Waals surface area (Å²) in [7, 11) is 1.50. The number of nitrogens with zero attached hydrogens (tertiary/aromatic N) is 1. The van der Waals surface area contributed by atoms with Gasteiger partial charge >= 0.3 is 0 Å². The number of carbonyl (C=O) groups is 3. The average Bonchev–Trinajstić information content (AvgIpc) is 2.60. The molecule has 27 heavy (non-hydrogen) atoms. The highest BCUT2D eigenvalue weighted by Gasteiger charge is 2.23. The van der Waals surface area contributed by atoms with E-state index in [9.17, 15) is 24.5 Å². The van der Waals surface area contributed by atoms with Crippen molar-refractivity contribution in [1.82, 2.24) is 0 Å². The Balaban J connectivity index is 2.30. The van der Waals surface area contributed by atoms with Crippen molar-refractivity contribution < 1.29 is 28.8 Å². The Morgan fingerprint density at radius 2 is 1.67 bits per heavy atom. The van der Waals surface area contributed by atoms with E-state index in [2.05, 4.69) is 0 Å². The van der Waals surface area contributed by atoms with Crippen LogP contribution in [-0.2, 0) is 9.59 Å². The second-order valence-electron chi connectivity index (χ2n) is 5.73. The van der Waals surface area contributed by atoms with E-state index in [0.29, 0.717) is 11.5 Å². The van der Waals surface area contributed by atoms with Gasteiger partial charge in [-0.2, -0.15) is 0 Å². The van der Waals surface area contributed by atoms with Gasteiger partial charge in [-0.15, -0.1) is 0 Å². The lowest BCUT2D eigenvalue weighted by molar-refractivity contribution is -0.385. The molecule has 0 aliphatic carbocycles. The summed E-state index contributed by atoms with van der Waals surface area (Å²) in [5, 5.41) is 11.2. The predicted molar refractivity (Wildman–Crippen MR) is 95.4 cm³/mol. The third-order valence-corrected chi connectivity index (χ3v) is 3.55. The van der Waals surface area contributed by atoms with Crippen LogP contribution in [0.25, 0.3) is 0 Å². The zero-order chi connectivity index (χ0) is 20.0. The maximum atomic E-state index is 12.4. The van der Waals surface area contributed by atoms with E-state index < -0.39 is 28.6 Å². The van der Waals surface area contributed by atoms with Gasteiger partial charge in [0.1, 0.15) is 28.8 Å². The summed E-state index contributed by atoms with van der Waals surface area (Å²) < 4.78 is 10.7. The van der Waals surface area contributed by atoms with Crippen LogP contribution in [-0.4, -0.2) is 29.4 Å². The van der Waals surface area contributed by atoms with E-state index in [1.54, 1.807) is 24.3 Å². The molecule has 0 saturated carbocycles. The summed E-state index contributed by atoms with van der Waals surface area (Å²) in [5.41, 5.74) is -0.689. The molecule has 0 aliphatic heterocycles. The number of benzene rings is 2. The molecule has 0 heterocycles. The molecule has 2 aromatic rings. The Bertz CT molecular complexity index is 905. The van der Waals surface area contributed by atoms with Gasteiger partial charge in [0.25, 0.3) is 5.69 Å². The van der Waals surface area contributed by atoms with Crippen molar-refractivity contribution in [1.29, 1.82) is 0 Å². The van der Waals surface area contributed by atoms with Crippen molar-refractivity contribution in [3.8, 4) is 17.2 Å². The molecular formula is C19H17NO7. The molecule has 0 fully saturated rings. The maximum Gasteiger partial charge on any atom is 0.280 e. The molecule has 0 N–H and O–H groups in total. The third-order valence-electron chi connectivity index (χ3n) is 3.55. The summed E-state index contributed by atoms with van der Waals surface area (Å²) in [6.07, 6.45) is -0.984. The second kappa shape index (κ2) is 8.70. The van der Waals surface area contributed by atoms with Gasteiger partial charge in [0, 0.05) is 12.1 Å². The van der Waals surface area contributed by atoms with Gasteiger partial charge < -0.3 is 9.47 Å². The van der Waals surface area contributed by atoms with Gasteiger partial charge in [-0.05, 0) is 31.2 Å². The number of methoxy groups -OCH3 is 1. The van der Waals surface area contributed by atoms with E-state index in [0.717, 1.165) is 6.07 Å². The Labute approximate surface area is 154 Å². The Morgan fingerprint density at radius 3 is 2.30 bits per heavy atom. The summed E-state index contributed by atoms with van der Waals surface area (Å²) in [4.78, 5) is 45.5. The lowest BCUT2D eigenvalue weighted by atomic mass is 10.0. The topological polar surface area (TPSA) is 113 Å². The minimum absolute atomic E-state index is 0.191. The van der Waals surface area contributed by atoms with Gasteiger partial charge in [-0.3, -0.25) is 24.5 Å². The fourth-order valence-corrected chi connectivity index (χ4v) is 2.38. The zero-order valence-corrected chi connectivity index (χ0v) is 14.8. The number of carbonyl (C=O) groups excluding carboxylic acids is 3. The number of rotatable bonds is 9. The fraction of sp³-hybridized carbons (Fsp3) is 0.211. The molecule has 0 saturated heterocycles. The number of hydrogen-bond acceptors (Lipinski definition) is 7. The first-order valence-electron chi connectivity index (χ1n) is 7.95. The number of nitro benzene ring substituents is 1. The summed E-state index contributed by atoms with van der Waals surface area (Å²) in [6.45, 7) is 1.23. The molecule has 8 nitrogen and oxygen atoms in total. The molecule has 0 aromatic heterocycles. The Hall–Kier alpha value is -3.55. The standard InChI is InChI=1S/C19H17NO7/c1-12(21)8-13(22)9-19(23)17-11-16(6-7-18(17)20(24)25)27-15-5-3-4-14(10-15)26-2/h3-7,10-11H,8-9H2,1-2H3. The number of hydrogen-bond donors (Lipinski definition) is 0. The van der Waals surface area contributed by atoms with E-state index in [4.69, 9.17) is 9.47 Å². The summed E-state index contributed by atoms with van der Waals surface area (Å²) >= 11 is 0. The van der Waals surface area contributed by atoms with Crippen LogP contribution in [0.2, 0.25) is 0 Å². The molecule has 0 radical (unpaired) electrons. The molecular weight excluding hydrogens is 354 g/mol. The summed E-state index contributed by atoms with van der Waals surface area (Å²) in [6, 6.07) is 10.4. The largest absolute Gasteiger partial charge is 0.497 e. The molecule has 8 heteroatoms. The van der Waals surface area contributed by atoms with Crippen LogP contribution in [0, 0.1) is 10.1 Å². The first-order valence-corrected chi connectivity index (χ1v) is 7.95. The molecule has 2 rings (SSSR count). The van der Waals surface area contributed by atoms with Crippen molar-refractivity contribution >= 4 is 23.0 Å². The predicted octanol–water partition coefficient (Wildman–Crippen LogP) is 3.52. The Kier molecular flexibility index (Phi) is 6.37. The molecule has 2 aromatic carbocycles. The SMILES string of the molecule is COc1cccc(Oc2ccc([N+](=O)[O-])c(C(=O)CC(=O)CC(C)=O)c2)c1. The number of nitro groups is 1. The lowest BCUT2D eigenvalue weighted by Crippen LogP contribution is -2.12. The van der Waals surface area contributed by atoms with E-state index in [1.165, 1.54) is 26.2 Å². The number of ether oxygens (including phenoxy) is 2. The number of ketones is 3. The van der Waals surface area contributed by atoms with Crippen LogP contribution in [0.15, 0.2) is 42.5 Å². The molecule has 0 aliphatic rings. The molecule has 0 amide bonds. The third kappa shape index (κ3) is 5.46. The van der Waals surface area contributed by atoms with E-state index >= 15 is 0 Å². The van der Waals surface area contributed by atoms with Gasteiger partial charge in [0.2, 0.25) is 0 Å². The average molecular weight is 371 g/mol. The molecule has 0 bridgehead atoms. The van der Waals surface area contributed by atoms with E-state index in [-0.39, 0.29) is 23.5 Å². The smallest absolute Gasteiger partial charge is 0.280 e. The first-order chi connectivity index (χ1) is 12.8. The van der Waals surface area contributed by atoms with Crippen LogP contribution >= 0.6 is 0 Å². The molecule has 0 spiro atoms. The van der Waals surface area contributed by atoms with Gasteiger partial charge in [0.15, 0.2) is 5.78 Å². The van der Waals surface area contributed by atoms with Crippen molar-refractivity contribution in [3.05, 3.63) is 58.1 Å². The number of Topliss-reactive ketones (excluding diaryl/α,β-unsaturated/α-hetero) is 3. The van der Waals surface area contributed by atoms with Crippen LogP contribution in [0.1, 0.15) is 30.1 Å². The van der Waals surface area contributed by atoms with Crippen molar-refractivity contribution in [2.75, 3.05) is 7.11 Å². The Morgan fingerprint density at radius 1 is 1.00 bits per heavy atom. The van der Waals surface area contributed by atoms with Crippen LogP contribution < -0.4 is 9.47 Å². The van der Waals surface area contributed by atoms with Crippen molar-refractivity contribution in [2.24, 2.45) is 0 Å². The van der Waals surface area contributed by atoms with Gasteiger partial charge in [0.05, 0.1) is 30.4 Å². The molecule has 0 unspecified atom stereocenters. The lowest BCUT2D eigenvalue weighted by Gasteiger charge is -2.09. The van der Waals surface area contributed by atoms with Crippen molar-refractivity contribution in [2.45, 2.75) is 19.8 Å². The maximum absolute atomic E-state index is 12.4. The highest BCUT2D eigenvalue weighted by Crippen LogP contribution is 2.30. The zero-order valence-electron chi connectivity index (χ0n) is 14.8. The fourth-order valence-electron chi connectivity index (χ4n) is 2.38. The quantitative estimate of drug-likeness (QED) is 0.287. The van der Waals surface area contributed by atoms with Crippen LogP contribution in [0.5, 0.6) is 17.2 Å². The monoisotopic (exact) mass is 371 g/mol. The van der Waals surface area contributed by atoms with Crippen LogP contribution in [0.4, 0.5) is 5.69 Å². The minimum atomic E-state index is -0.746. The highest BCUT2D eigenvalue weighted by atomic mass is 16.6. The summed E-state index contributed by atoms with van der Waals surface area (Å²) in [5.74, 6) is -0.562. The minimum Gasteiger partial charge on any atom is -0.497 e. The van der Waals surface area contributed by atoms with Gasteiger partial charge in [-0.1, -0.05) is 6.07 Å². The molecule has 140 valence electrons. The normalized spacial score (nSPS) is 10.1. The van der Waals surface area contributed by atoms with Gasteiger partial charge in [-0.25, -0.2) is 0 Å². The highest BCUT2D eigenvalue weighted by molar-refractivity contribution is 6.13.